The van der Waals surface area contributed by atoms with Crippen LogP contribution in [0.1, 0.15) is 18.2 Å². The number of rotatable bonds is 2. The molecule has 2 atom stereocenters. The van der Waals surface area contributed by atoms with Crippen molar-refractivity contribution in [1.29, 1.82) is 0 Å². The summed E-state index contributed by atoms with van der Waals surface area (Å²) in [6.45, 7) is 0.841. The van der Waals surface area contributed by atoms with E-state index < -0.39 is 0 Å². The van der Waals surface area contributed by atoms with Gasteiger partial charge in [-0.05, 0) is 18.6 Å². The number of hydrogen-bond acceptors (Lipinski definition) is 5. The number of para-hydroxylation sites is 1. The van der Waals surface area contributed by atoms with Gasteiger partial charge in [0.1, 0.15) is 0 Å². The van der Waals surface area contributed by atoms with Gasteiger partial charge in [-0.25, -0.2) is 4.98 Å². The number of nitrogens with two attached hydrogens (primary N) is 1. The van der Waals surface area contributed by atoms with Crippen LogP contribution in [0.3, 0.4) is 0 Å². The number of nitrogen functional groups attached to an aromatic ring is 1. The summed E-state index contributed by atoms with van der Waals surface area (Å²) < 4.78 is 0. The van der Waals surface area contributed by atoms with Crippen LogP contribution in [-0.4, -0.2) is 22.7 Å². The third-order valence-corrected chi connectivity index (χ3v) is 3.99. The van der Waals surface area contributed by atoms with Crippen molar-refractivity contribution in [2.24, 2.45) is 0 Å². The Hall–Kier alpha value is -1.59. The molecule has 0 aliphatic carbocycles. The van der Waals surface area contributed by atoms with Crippen molar-refractivity contribution in [3.63, 3.8) is 0 Å². The van der Waals surface area contributed by atoms with Gasteiger partial charge >= 0.3 is 0 Å². The van der Waals surface area contributed by atoms with Crippen molar-refractivity contribution >= 4 is 22.2 Å². The highest BCUT2D eigenvalue weighted by Crippen LogP contribution is 2.36. The summed E-state index contributed by atoms with van der Waals surface area (Å²) in [7, 11) is 0. The van der Waals surface area contributed by atoms with E-state index in [0.29, 0.717) is 5.13 Å². The number of nitrogens with zero attached hydrogens (tertiary/aromatic N) is 2. The van der Waals surface area contributed by atoms with Crippen molar-refractivity contribution in [3.8, 4) is 0 Å². The smallest absolute Gasteiger partial charge is 0.180 e. The normalized spacial score (nSPS) is 23.5. The van der Waals surface area contributed by atoms with Crippen LogP contribution >= 0.6 is 11.3 Å². The number of benzene rings is 1. The van der Waals surface area contributed by atoms with Crippen LogP contribution in [0.4, 0.5) is 10.8 Å². The molecule has 4 nitrogen and oxygen atoms in total. The molecule has 1 aromatic carbocycles. The van der Waals surface area contributed by atoms with Crippen LogP contribution in [0.5, 0.6) is 0 Å². The first kappa shape index (κ1) is 11.5. The minimum Gasteiger partial charge on any atom is -0.390 e. The molecule has 94 valence electrons. The van der Waals surface area contributed by atoms with Crippen LogP contribution in [0.2, 0.25) is 0 Å². The second-order valence-electron chi connectivity index (χ2n) is 4.44. The van der Waals surface area contributed by atoms with Crippen LogP contribution in [-0.2, 0) is 0 Å². The predicted octanol–water partition coefficient (Wildman–Crippen LogP) is 2.04. The third-order valence-electron chi connectivity index (χ3n) is 3.30. The van der Waals surface area contributed by atoms with Gasteiger partial charge in [-0.2, -0.15) is 0 Å². The van der Waals surface area contributed by atoms with Crippen LogP contribution in [0.25, 0.3) is 0 Å². The van der Waals surface area contributed by atoms with Gasteiger partial charge in [0, 0.05) is 17.6 Å². The predicted molar refractivity (Wildman–Crippen MR) is 73.7 cm³/mol. The molecular weight excluding hydrogens is 246 g/mol. The zero-order valence-electron chi connectivity index (χ0n) is 9.86. The van der Waals surface area contributed by atoms with Crippen LogP contribution < -0.4 is 10.6 Å². The molecule has 1 aromatic heterocycles. The lowest BCUT2D eigenvalue weighted by atomic mass is 10.1. The number of hydrogen-bond donors (Lipinski definition) is 2. The van der Waals surface area contributed by atoms with E-state index in [1.165, 1.54) is 11.3 Å². The minimum atomic E-state index is -0.383. The molecule has 1 aliphatic heterocycles. The lowest BCUT2D eigenvalue weighted by Gasteiger charge is -2.26. The van der Waals surface area contributed by atoms with Crippen molar-refractivity contribution in [2.45, 2.75) is 18.6 Å². The van der Waals surface area contributed by atoms with Gasteiger partial charge in [0.05, 0.1) is 17.8 Å². The molecule has 0 amide bonds. The Morgan fingerprint density at radius 1 is 1.33 bits per heavy atom. The van der Waals surface area contributed by atoms with Gasteiger partial charge in [-0.15, -0.1) is 11.3 Å². The summed E-state index contributed by atoms with van der Waals surface area (Å²) in [5.74, 6) is 0. The molecule has 3 rings (SSSR count). The Bertz CT molecular complexity index is 528. The average Bonchev–Trinajstić information content (AvgIpc) is 2.96. The molecule has 0 radical (unpaired) electrons. The largest absolute Gasteiger partial charge is 0.390 e. The zero-order valence-corrected chi connectivity index (χ0v) is 10.7. The van der Waals surface area contributed by atoms with E-state index in [1.54, 1.807) is 0 Å². The number of thiazole rings is 1. The lowest BCUT2D eigenvalue weighted by Crippen LogP contribution is -2.27. The Balaban J connectivity index is 1.95. The first-order valence-electron chi connectivity index (χ1n) is 5.96. The molecule has 5 heteroatoms. The maximum absolute atomic E-state index is 10.2. The SMILES string of the molecule is Nc1nc([C@H]2[C@H](O)CCN2c2ccccc2)cs1. The van der Waals surface area contributed by atoms with Gasteiger partial charge in [0.25, 0.3) is 0 Å². The maximum atomic E-state index is 10.2. The highest BCUT2D eigenvalue weighted by Gasteiger charge is 2.35. The van der Waals surface area contributed by atoms with E-state index >= 15 is 0 Å². The number of aromatic nitrogens is 1. The van der Waals surface area contributed by atoms with Gasteiger partial charge < -0.3 is 15.7 Å². The van der Waals surface area contributed by atoms with E-state index in [9.17, 15) is 5.11 Å². The van der Waals surface area contributed by atoms with Gasteiger partial charge in [0.15, 0.2) is 5.13 Å². The minimum absolute atomic E-state index is 0.0825. The molecule has 0 saturated carbocycles. The van der Waals surface area contributed by atoms with Crippen LogP contribution in [0.15, 0.2) is 35.7 Å². The van der Waals surface area contributed by atoms with Gasteiger partial charge in [-0.3, -0.25) is 0 Å². The first-order chi connectivity index (χ1) is 8.75. The Morgan fingerprint density at radius 3 is 2.78 bits per heavy atom. The van der Waals surface area contributed by atoms with Crippen molar-refractivity contribution < 1.29 is 5.11 Å². The number of aliphatic hydroxyl groups is 1. The average molecular weight is 261 g/mol. The van der Waals surface area contributed by atoms with Crippen molar-refractivity contribution in [2.75, 3.05) is 17.2 Å². The Morgan fingerprint density at radius 2 is 2.11 bits per heavy atom. The van der Waals surface area contributed by atoms with E-state index in [0.717, 1.165) is 24.3 Å². The van der Waals surface area contributed by atoms with E-state index in [2.05, 4.69) is 22.0 Å². The van der Waals surface area contributed by atoms with Crippen LogP contribution in [0, 0.1) is 0 Å². The van der Waals surface area contributed by atoms with Crippen molar-refractivity contribution in [3.05, 3.63) is 41.4 Å². The standard InChI is InChI=1S/C13H15N3OS/c14-13-15-10(8-18-13)12-11(17)6-7-16(12)9-4-2-1-3-5-9/h1-5,8,11-12,17H,6-7H2,(H2,14,15)/t11-,12+/m1/s1. The summed E-state index contributed by atoms with van der Waals surface area (Å²) in [6.07, 6.45) is 0.378. The van der Waals surface area contributed by atoms with Gasteiger partial charge in [0.2, 0.25) is 0 Å². The Kier molecular flexibility index (Phi) is 2.93. The summed E-state index contributed by atoms with van der Waals surface area (Å²) in [5, 5.41) is 12.7. The summed E-state index contributed by atoms with van der Waals surface area (Å²) in [4.78, 5) is 6.51. The zero-order chi connectivity index (χ0) is 12.5. The number of anilines is 2. The fourth-order valence-electron chi connectivity index (χ4n) is 2.48. The van der Waals surface area contributed by atoms with E-state index in [-0.39, 0.29) is 12.1 Å². The second-order valence-corrected chi connectivity index (χ2v) is 5.33. The fourth-order valence-corrected chi connectivity index (χ4v) is 3.07. The summed E-state index contributed by atoms with van der Waals surface area (Å²) in [5.41, 5.74) is 7.67. The van der Waals surface area contributed by atoms with Gasteiger partial charge in [-0.1, -0.05) is 18.2 Å². The molecule has 18 heavy (non-hydrogen) atoms. The van der Waals surface area contributed by atoms with Crippen molar-refractivity contribution in [1.82, 2.24) is 4.98 Å². The first-order valence-corrected chi connectivity index (χ1v) is 6.84. The fraction of sp³-hybridized carbons (Fsp3) is 0.308. The molecule has 1 fully saturated rings. The van der Waals surface area contributed by atoms with E-state index in [1.807, 2.05) is 23.6 Å². The quantitative estimate of drug-likeness (QED) is 0.868. The summed E-state index contributed by atoms with van der Waals surface area (Å²) in [6, 6.07) is 10.0. The van der Waals surface area contributed by atoms with E-state index in [4.69, 9.17) is 5.73 Å². The molecule has 0 bridgehead atoms. The maximum Gasteiger partial charge on any atom is 0.180 e. The molecule has 0 unspecified atom stereocenters. The molecule has 1 saturated heterocycles. The molecule has 0 spiro atoms. The summed E-state index contributed by atoms with van der Waals surface area (Å²) >= 11 is 1.42. The Labute approximate surface area is 110 Å². The molecule has 2 heterocycles. The molecule has 1 aliphatic rings. The lowest BCUT2D eigenvalue weighted by molar-refractivity contribution is 0.163. The third kappa shape index (κ3) is 1.95. The highest BCUT2D eigenvalue weighted by molar-refractivity contribution is 7.13. The molecule has 2 aromatic rings. The second kappa shape index (κ2) is 4.59. The number of aliphatic hydroxyl groups excluding tert-OH is 1. The molecular formula is C13H15N3OS. The highest BCUT2D eigenvalue weighted by atomic mass is 32.1. The topological polar surface area (TPSA) is 62.4 Å². The monoisotopic (exact) mass is 261 g/mol. The molecule has 3 N–H and O–H groups in total.